The third kappa shape index (κ3) is 5.82. The molecule has 1 atom stereocenters. The van der Waals surface area contributed by atoms with Gasteiger partial charge in [0.05, 0.1) is 11.3 Å². The molecule has 3 aromatic rings. The minimum atomic E-state index is -4.87. The van der Waals surface area contributed by atoms with Crippen LogP contribution in [0.25, 0.3) is 11.3 Å². The molecular formula is C25H25F3N4O5S. The number of ether oxygens (including phenoxy) is 1. The van der Waals surface area contributed by atoms with Gasteiger partial charge in [-0.15, -0.1) is 13.2 Å². The van der Waals surface area contributed by atoms with Crippen molar-refractivity contribution in [3.05, 3.63) is 70.6 Å². The first kappa shape index (κ1) is 27.2. The molecule has 0 saturated carbocycles. The van der Waals surface area contributed by atoms with E-state index in [1.807, 2.05) is 30.4 Å². The van der Waals surface area contributed by atoms with E-state index in [4.69, 9.17) is 0 Å². The zero-order valence-electron chi connectivity index (χ0n) is 20.7. The molecule has 202 valence electrons. The zero-order chi connectivity index (χ0) is 27.9. The molecule has 0 radical (unpaired) electrons. The van der Waals surface area contributed by atoms with E-state index < -0.39 is 44.0 Å². The summed E-state index contributed by atoms with van der Waals surface area (Å²) in [5.74, 6) is -1.06. The lowest BCUT2D eigenvalue weighted by Crippen LogP contribution is -2.41. The van der Waals surface area contributed by atoms with Crippen molar-refractivity contribution in [2.75, 3.05) is 11.4 Å². The summed E-state index contributed by atoms with van der Waals surface area (Å²) >= 11 is 0. The van der Waals surface area contributed by atoms with Gasteiger partial charge in [0.1, 0.15) is 11.6 Å². The molecule has 0 aliphatic carbocycles. The van der Waals surface area contributed by atoms with Gasteiger partial charge in [-0.2, -0.15) is 0 Å². The van der Waals surface area contributed by atoms with Crippen molar-refractivity contribution in [2.45, 2.75) is 44.0 Å². The van der Waals surface area contributed by atoms with Gasteiger partial charge < -0.3 is 14.6 Å². The Kier molecular flexibility index (Phi) is 6.99. The number of nitrogens with zero attached hydrogens (tertiary/aromatic N) is 2. The van der Waals surface area contributed by atoms with Gasteiger partial charge in [-0.05, 0) is 62.6 Å². The fourth-order valence-electron chi connectivity index (χ4n) is 4.65. The second-order valence-electron chi connectivity index (χ2n) is 9.67. The fourth-order valence-corrected chi connectivity index (χ4v) is 5.68. The van der Waals surface area contributed by atoms with Crippen molar-refractivity contribution in [1.29, 1.82) is 0 Å². The number of halogens is 3. The molecule has 0 unspecified atom stereocenters. The third-order valence-electron chi connectivity index (χ3n) is 6.11. The zero-order valence-corrected chi connectivity index (χ0v) is 21.5. The molecule has 3 heterocycles. The van der Waals surface area contributed by atoms with Crippen molar-refractivity contribution < 1.29 is 31.1 Å². The predicted molar refractivity (Wildman–Crippen MR) is 133 cm³/mol. The molecule has 2 aromatic heterocycles. The van der Waals surface area contributed by atoms with Gasteiger partial charge in [0.15, 0.2) is 4.90 Å². The number of alkyl halides is 3. The number of rotatable bonds is 6. The lowest BCUT2D eigenvalue weighted by molar-refractivity contribution is -0.274. The van der Waals surface area contributed by atoms with Gasteiger partial charge in [0.25, 0.3) is 21.5 Å². The second kappa shape index (κ2) is 9.78. The maximum Gasteiger partial charge on any atom is 0.573 e. The number of carbonyl (C=O) groups excluding carboxylic acids is 1. The van der Waals surface area contributed by atoms with Crippen LogP contribution in [-0.4, -0.2) is 42.7 Å². The molecule has 1 saturated heterocycles. The maximum atomic E-state index is 13.3. The van der Waals surface area contributed by atoms with E-state index in [0.29, 0.717) is 12.1 Å². The largest absolute Gasteiger partial charge is 0.573 e. The minimum Gasteiger partial charge on any atom is -0.406 e. The van der Waals surface area contributed by atoms with Crippen LogP contribution in [0.3, 0.4) is 0 Å². The summed E-state index contributed by atoms with van der Waals surface area (Å²) in [6, 6.07) is 10.4. The summed E-state index contributed by atoms with van der Waals surface area (Å²) in [6.45, 7) is 6.43. The van der Waals surface area contributed by atoms with Crippen LogP contribution in [0.15, 0.2) is 64.4 Å². The Morgan fingerprint density at radius 3 is 2.55 bits per heavy atom. The van der Waals surface area contributed by atoms with Gasteiger partial charge in [-0.25, -0.2) is 18.1 Å². The quantitative estimate of drug-likeness (QED) is 0.474. The Morgan fingerprint density at radius 1 is 1.18 bits per heavy atom. The average molecular weight is 551 g/mol. The SMILES string of the molecule is C[C@@H]1CN(c2nc(-c3cccc(OC(F)(F)F)c3)ccc2C(=O)NS(=O)(=O)c2ccc[nH]c2=O)C(C)(C)C1. The summed E-state index contributed by atoms with van der Waals surface area (Å²) in [5.41, 5.74) is -0.876. The lowest BCUT2D eigenvalue weighted by Gasteiger charge is -2.34. The number of pyridine rings is 2. The number of hydrogen-bond donors (Lipinski definition) is 2. The van der Waals surface area contributed by atoms with Gasteiger partial charge in [-0.3, -0.25) is 9.59 Å². The van der Waals surface area contributed by atoms with Crippen molar-refractivity contribution in [1.82, 2.24) is 14.7 Å². The van der Waals surface area contributed by atoms with E-state index in [1.165, 1.54) is 36.5 Å². The van der Waals surface area contributed by atoms with Gasteiger partial charge in [0.2, 0.25) is 0 Å². The molecular weight excluding hydrogens is 525 g/mol. The number of H-pyrrole nitrogens is 1. The molecule has 9 nitrogen and oxygen atoms in total. The normalized spacial score (nSPS) is 17.3. The molecule has 13 heteroatoms. The van der Waals surface area contributed by atoms with E-state index in [0.717, 1.165) is 18.6 Å². The molecule has 1 aromatic carbocycles. The van der Waals surface area contributed by atoms with Gasteiger partial charge in [0, 0.05) is 23.8 Å². The number of nitrogens with one attached hydrogen (secondary N) is 2. The first-order valence-corrected chi connectivity index (χ1v) is 13.0. The number of aromatic nitrogens is 2. The van der Waals surface area contributed by atoms with E-state index >= 15 is 0 Å². The van der Waals surface area contributed by atoms with Crippen LogP contribution >= 0.6 is 0 Å². The van der Waals surface area contributed by atoms with Crippen LogP contribution in [0.5, 0.6) is 5.75 Å². The van der Waals surface area contributed by atoms with Crippen LogP contribution in [0.1, 0.15) is 37.6 Å². The monoisotopic (exact) mass is 550 g/mol. The van der Waals surface area contributed by atoms with Crippen LogP contribution < -0.4 is 19.9 Å². The Balaban J connectivity index is 1.78. The first-order chi connectivity index (χ1) is 17.7. The van der Waals surface area contributed by atoms with Crippen LogP contribution in [0, 0.1) is 5.92 Å². The van der Waals surface area contributed by atoms with Crippen molar-refractivity contribution >= 4 is 21.7 Å². The molecule has 1 aliphatic heterocycles. The Hall–Kier alpha value is -3.87. The highest BCUT2D eigenvalue weighted by atomic mass is 32.2. The standard InChI is InChI=1S/C25H25F3N4O5S/c1-15-13-24(2,3)32(14-15)21-18(22(33)31-38(35,36)20-8-5-11-29-23(20)34)9-10-19(30-21)16-6-4-7-17(12-16)37-25(26,27)28/h4-12,15H,13-14H2,1-3H3,(H,29,34)(H,31,33)/t15-/m0/s1. The molecule has 1 amide bonds. The Labute approximate surface area is 216 Å². The highest BCUT2D eigenvalue weighted by Crippen LogP contribution is 2.38. The minimum absolute atomic E-state index is 0.0745. The van der Waals surface area contributed by atoms with Crippen LogP contribution in [0.4, 0.5) is 19.0 Å². The molecule has 4 rings (SSSR count). The lowest BCUT2D eigenvalue weighted by atomic mass is 9.97. The first-order valence-electron chi connectivity index (χ1n) is 11.6. The molecule has 0 spiro atoms. The number of aromatic amines is 1. The smallest absolute Gasteiger partial charge is 0.406 e. The van der Waals surface area contributed by atoms with E-state index in [9.17, 15) is 31.2 Å². The summed E-state index contributed by atoms with van der Waals surface area (Å²) < 4.78 is 69.7. The summed E-state index contributed by atoms with van der Waals surface area (Å²) in [6.07, 6.45) is -2.86. The van der Waals surface area contributed by atoms with E-state index in [1.54, 1.807) is 6.07 Å². The molecule has 38 heavy (non-hydrogen) atoms. The summed E-state index contributed by atoms with van der Waals surface area (Å²) in [7, 11) is -4.52. The Bertz CT molecular complexity index is 1540. The predicted octanol–water partition coefficient (Wildman–Crippen LogP) is 4.08. The number of sulfonamides is 1. The van der Waals surface area contributed by atoms with Gasteiger partial charge in [-0.1, -0.05) is 19.1 Å². The topological polar surface area (TPSA) is 121 Å². The number of anilines is 1. The number of hydrogen-bond acceptors (Lipinski definition) is 7. The number of carbonyl (C=O) groups is 1. The molecule has 1 aliphatic rings. The van der Waals surface area contributed by atoms with Gasteiger partial charge >= 0.3 is 6.36 Å². The van der Waals surface area contributed by atoms with Crippen molar-refractivity contribution in [2.24, 2.45) is 5.92 Å². The van der Waals surface area contributed by atoms with E-state index in [-0.39, 0.29) is 23.0 Å². The van der Waals surface area contributed by atoms with Crippen molar-refractivity contribution in [3.63, 3.8) is 0 Å². The second-order valence-corrected chi connectivity index (χ2v) is 11.3. The average Bonchev–Trinajstić information content (AvgIpc) is 3.09. The molecule has 0 bridgehead atoms. The third-order valence-corrected chi connectivity index (χ3v) is 7.46. The maximum absolute atomic E-state index is 13.3. The molecule has 2 N–H and O–H groups in total. The summed E-state index contributed by atoms with van der Waals surface area (Å²) in [5, 5.41) is 0. The van der Waals surface area contributed by atoms with Crippen LogP contribution in [0.2, 0.25) is 0 Å². The highest BCUT2D eigenvalue weighted by molar-refractivity contribution is 7.90. The number of benzene rings is 1. The van der Waals surface area contributed by atoms with E-state index in [2.05, 4.69) is 14.7 Å². The van der Waals surface area contributed by atoms with Crippen molar-refractivity contribution in [3.8, 4) is 17.0 Å². The Morgan fingerprint density at radius 2 is 1.92 bits per heavy atom. The number of amides is 1. The van der Waals surface area contributed by atoms with Crippen LogP contribution in [-0.2, 0) is 10.0 Å². The highest BCUT2D eigenvalue weighted by Gasteiger charge is 2.39. The summed E-state index contributed by atoms with van der Waals surface area (Å²) in [4.78, 5) is 33.4. The fraction of sp³-hybridized carbons (Fsp3) is 0.320. The molecule has 1 fully saturated rings.